The van der Waals surface area contributed by atoms with Gasteiger partial charge in [-0.1, -0.05) is 58.3 Å². The first kappa shape index (κ1) is 20.3. The van der Waals surface area contributed by atoms with Crippen LogP contribution >= 0.6 is 11.6 Å². The highest BCUT2D eigenvalue weighted by Gasteiger charge is 2.29. The molecule has 0 aliphatic carbocycles. The summed E-state index contributed by atoms with van der Waals surface area (Å²) in [4.78, 5) is 0. The van der Waals surface area contributed by atoms with E-state index < -0.39 is 0 Å². The topological polar surface area (TPSA) is 70.6 Å². The molecule has 1 aromatic heterocycles. The minimum absolute atomic E-state index is 0.278. The summed E-state index contributed by atoms with van der Waals surface area (Å²) in [5, 5.41) is 28.9. The summed E-state index contributed by atoms with van der Waals surface area (Å²) in [7, 11) is 1.74. The van der Waals surface area contributed by atoms with E-state index >= 15 is 0 Å². The molecular formula is C20H28ClN3O2. The normalized spacial score (nSPS) is 13.3. The molecule has 2 aromatic rings. The smallest absolute Gasteiger partial charge is 0.136 e. The van der Waals surface area contributed by atoms with E-state index in [9.17, 15) is 10.3 Å². The average Bonchev–Trinajstić information content (AvgIpc) is 2.73. The van der Waals surface area contributed by atoms with Gasteiger partial charge in [-0.15, -0.1) is 0 Å². The Labute approximate surface area is 160 Å². The quantitative estimate of drug-likeness (QED) is 0.443. The summed E-state index contributed by atoms with van der Waals surface area (Å²) in [5.41, 5.74) is 3.31. The predicted octanol–water partition coefficient (Wildman–Crippen LogP) is 4.91. The molecule has 26 heavy (non-hydrogen) atoms. The van der Waals surface area contributed by atoms with Crippen LogP contribution in [-0.4, -0.2) is 25.8 Å². The van der Waals surface area contributed by atoms with Gasteiger partial charge in [-0.05, 0) is 29.9 Å². The average molecular weight is 378 g/mol. The molecule has 0 spiro atoms. The van der Waals surface area contributed by atoms with Crippen molar-refractivity contribution in [2.45, 2.75) is 59.3 Å². The summed E-state index contributed by atoms with van der Waals surface area (Å²) >= 11 is 6.39. The number of phenols is 1. The number of rotatable bonds is 2. The summed E-state index contributed by atoms with van der Waals surface area (Å²) < 4.78 is 1.55. The van der Waals surface area contributed by atoms with Crippen molar-refractivity contribution in [3.8, 4) is 5.75 Å². The molecule has 5 nitrogen and oxygen atoms in total. The molecule has 0 saturated carbocycles. The van der Waals surface area contributed by atoms with Crippen molar-refractivity contribution >= 4 is 17.3 Å². The number of phenolic OH excluding ortho intramolecular Hbond substituents is 1. The largest absolute Gasteiger partial charge is 0.507 e. The van der Waals surface area contributed by atoms with Gasteiger partial charge < -0.3 is 10.3 Å². The second kappa shape index (κ2) is 6.62. The second-order valence-electron chi connectivity index (χ2n) is 8.74. The van der Waals surface area contributed by atoms with Gasteiger partial charge in [0.15, 0.2) is 0 Å². The van der Waals surface area contributed by atoms with Crippen molar-refractivity contribution < 1.29 is 10.3 Å². The number of benzene rings is 1. The van der Waals surface area contributed by atoms with E-state index in [0.717, 1.165) is 11.1 Å². The Hall–Kier alpha value is -2.01. The number of nitrogens with zero attached hydrogens (tertiary/aromatic N) is 3. The van der Waals surface area contributed by atoms with Gasteiger partial charge in [0.05, 0.1) is 11.3 Å². The second-order valence-corrected chi connectivity index (χ2v) is 9.10. The van der Waals surface area contributed by atoms with Crippen LogP contribution in [0.4, 0.5) is 0 Å². The van der Waals surface area contributed by atoms with Crippen molar-refractivity contribution in [3.63, 3.8) is 0 Å². The van der Waals surface area contributed by atoms with Crippen LogP contribution in [0.1, 0.15) is 69.5 Å². The molecule has 1 heterocycles. The molecule has 0 radical (unpaired) electrons. The Bertz CT molecular complexity index is 833. The lowest BCUT2D eigenvalue weighted by molar-refractivity contribution is 0.319. The lowest BCUT2D eigenvalue weighted by atomic mass is 9.77. The SMILES string of the molecule is Cc1nn(C)c(Cl)c1C(=NO)c1cc(C(C)(C)C)c(O)c(C(C)(C)C)c1. The molecule has 142 valence electrons. The molecule has 0 saturated heterocycles. The first-order valence-corrected chi connectivity index (χ1v) is 8.96. The maximum Gasteiger partial charge on any atom is 0.136 e. The van der Waals surface area contributed by atoms with Crippen LogP contribution in [-0.2, 0) is 17.9 Å². The Morgan fingerprint density at radius 2 is 1.54 bits per heavy atom. The van der Waals surface area contributed by atoms with E-state index in [1.165, 1.54) is 0 Å². The van der Waals surface area contributed by atoms with Gasteiger partial charge in [0.2, 0.25) is 0 Å². The molecule has 0 unspecified atom stereocenters. The standard InChI is InChI=1S/C20H28ClN3O2/c1-11-15(18(21)24(8)22-11)16(23-26)12-9-13(19(2,3)4)17(25)14(10-12)20(5,6)7/h9-10,25-26H,1-8H3. The van der Waals surface area contributed by atoms with E-state index in [1.807, 2.05) is 60.6 Å². The minimum Gasteiger partial charge on any atom is -0.507 e. The number of aryl methyl sites for hydroxylation is 2. The van der Waals surface area contributed by atoms with E-state index in [4.69, 9.17) is 11.6 Å². The summed E-state index contributed by atoms with van der Waals surface area (Å²) in [6.45, 7) is 14.0. The Balaban J connectivity index is 2.84. The fraction of sp³-hybridized carbons (Fsp3) is 0.500. The van der Waals surface area contributed by atoms with E-state index in [2.05, 4.69) is 10.3 Å². The van der Waals surface area contributed by atoms with Crippen molar-refractivity contribution in [2.75, 3.05) is 0 Å². The molecule has 0 fully saturated rings. The maximum atomic E-state index is 10.9. The Kier molecular flexibility index (Phi) is 5.17. The molecule has 6 heteroatoms. The van der Waals surface area contributed by atoms with Gasteiger partial charge in [-0.3, -0.25) is 4.68 Å². The van der Waals surface area contributed by atoms with Crippen LogP contribution in [0.15, 0.2) is 17.3 Å². The molecule has 2 N–H and O–H groups in total. The summed E-state index contributed by atoms with van der Waals surface area (Å²) in [6, 6.07) is 3.73. The number of oxime groups is 1. The highest BCUT2D eigenvalue weighted by Crippen LogP contribution is 2.40. The van der Waals surface area contributed by atoms with Crippen LogP contribution < -0.4 is 0 Å². The molecule has 0 atom stereocenters. The number of hydrogen-bond acceptors (Lipinski definition) is 4. The molecule has 2 rings (SSSR count). The zero-order valence-corrected chi connectivity index (χ0v) is 17.5. The Morgan fingerprint density at radius 3 is 1.85 bits per heavy atom. The van der Waals surface area contributed by atoms with Crippen LogP contribution in [0.25, 0.3) is 0 Å². The number of hydrogen-bond donors (Lipinski definition) is 2. The summed E-state index contributed by atoms with van der Waals surface area (Å²) in [5.74, 6) is 0.278. The lowest BCUT2D eigenvalue weighted by Gasteiger charge is -2.28. The third-order valence-electron chi connectivity index (χ3n) is 4.49. The number of aromatic hydroxyl groups is 1. The van der Waals surface area contributed by atoms with Gasteiger partial charge in [0.1, 0.15) is 16.6 Å². The molecule has 0 aliphatic rings. The van der Waals surface area contributed by atoms with Crippen LogP contribution in [0.5, 0.6) is 5.75 Å². The lowest BCUT2D eigenvalue weighted by Crippen LogP contribution is -2.19. The monoisotopic (exact) mass is 377 g/mol. The van der Waals surface area contributed by atoms with E-state index in [1.54, 1.807) is 11.7 Å². The fourth-order valence-corrected chi connectivity index (χ4v) is 3.33. The van der Waals surface area contributed by atoms with Crippen LogP contribution in [0.3, 0.4) is 0 Å². The van der Waals surface area contributed by atoms with Gasteiger partial charge >= 0.3 is 0 Å². The Morgan fingerprint density at radius 1 is 1.08 bits per heavy atom. The highest BCUT2D eigenvalue weighted by molar-refractivity contribution is 6.34. The van der Waals surface area contributed by atoms with Crippen molar-refractivity contribution in [1.29, 1.82) is 0 Å². The fourth-order valence-electron chi connectivity index (χ4n) is 3.07. The minimum atomic E-state index is -0.283. The van der Waals surface area contributed by atoms with Crippen molar-refractivity contribution in [1.82, 2.24) is 9.78 Å². The van der Waals surface area contributed by atoms with E-state index in [-0.39, 0.29) is 16.6 Å². The number of aromatic nitrogens is 2. The predicted molar refractivity (Wildman–Crippen MR) is 106 cm³/mol. The molecular weight excluding hydrogens is 350 g/mol. The first-order chi connectivity index (χ1) is 11.8. The highest BCUT2D eigenvalue weighted by atomic mass is 35.5. The third-order valence-corrected chi connectivity index (χ3v) is 4.92. The van der Waals surface area contributed by atoms with E-state index in [0.29, 0.717) is 27.7 Å². The van der Waals surface area contributed by atoms with Gasteiger partial charge in [0.25, 0.3) is 0 Å². The van der Waals surface area contributed by atoms with Crippen LogP contribution in [0.2, 0.25) is 5.15 Å². The molecule has 0 aliphatic heterocycles. The summed E-state index contributed by atoms with van der Waals surface area (Å²) in [6.07, 6.45) is 0. The zero-order valence-electron chi connectivity index (χ0n) is 16.8. The third kappa shape index (κ3) is 3.58. The zero-order chi connectivity index (χ0) is 20.0. The first-order valence-electron chi connectivity index (χ1n) is 8.59. The van der Waals surface area contributed by atoms with Crippen molar-refractivity contribution in [2.24, 2.45) is 12.2 Å². The van der Waals surface area contributed by atoms with Gasteiger partial charge in [0, 0.05) is 23.7 Å². The van der Waals surface area contributed by atoms with Gasteiger partial charge in [-0.25, -0.2) is 0 Å². The molecule has 0 bridgehead atoms. The maximum absolute atomic E-state index is 10.9. The van der Waals surface area contributed by atoms with Crippen LogP contribution in [0, 0.1) is 6.92 Å². The number of halogens is 1. The molecule has 1 aromatic carbocycles. The van der Waals surface area contributed by atoms with Gasteiger partial charge in [-0.2, -0.15) is 5.10 Å². The van der Waals surface area contributed by atoms with Crippen molar-refractivity contribution in [3.05, 3.63) is 45.2 Å². The molecule has 0 amide bonds.